The number of alkyl halides is 2. The third-order valence-electron chi connectivity index (χ3n) is 4.75. The van der Waals surface area contributed by atoms with Crippen molar-refractivity contribution in [1.82, 2.24) is 20.0 Å². The first-order valence-electron chi connectivity index (χ1n) is 8.96. The van der Waals surface area contributed by atoms with Gasteiger partial charge < -0.3 is 10.2 Å². The highest BCUT2D eigenvalue weighted by Crippen LogP contribution is 2.26. The molecule has 6 nitrogen and oxygen atoms in total. The Morgan fingerprint density at radius 1 is 1.30 bits per heavy atom. The number of hydrogen-bond acceptors (Lipinski definition) is 3. The molecule has 1 aliphatic rings. The van der Waals surface area contributed by atoms with E-state index in [9.17, 15) is 18.4 Å². The smallest absolute Gasteiger partial charge is 0.333 e. The number of carbonyl (C=O) groups excluding carboxylic acids is 2. The fourth-order valence-corrected chi connectivity index (χ4v) is 3.22. The van der Waals surface area contributed by atoms with Gasteiger partial charge in [0.15, 0.2) is 0 Å². The molecular weight excluding hydrogens is 354 g/mol. The Labute approximate surface area is 156 Å². The Morgan fingerprint density at radius 3 is 2.63 bits per heavy atom. The molecule has 2 heterocycles. The highest BCUT2D eigenvalue weighted by molar-refractivity contribution is 5.94. The van der Waals surface area contributed by atoms with Crippen LogP contribution in [-0.2, 0) is 4.79 Å². The third kappa shape index (κ3) is 4.32. The van der Waals surface area contributed by atoms with Crippen molar-refractivity contribution in [1.29, 1.82) is 0 Å². The van der Waals surface area contributed by atoms with E-state index >= 15 is 0 Å². The maximum Gasteiger partial charge on any atom is 0.333 e. The average molecular weight is 376 g/mol. The highest BCUT2D eigenvalue weighted by atomic mass is 19.3. The van der Waals surface area contributed by atoms with Gasteiger partial charge in [-0.05, 0) is 37.5 Å². The van der Waals surface area contributed by atoms with Crippen LogP contribution < -0.4 is 5.32 Å². The van der Waals surface area contributed by atoms with Gasteiger partial charge in [0.2, 0.25) is 5.91 Å². The Balaban J connectivity index is 1.53. The first-order chi connectivity index (χ1) is 13.0. The molecule has 0 saturated carbocycles. The molecule has 1 N–H and O–H groups in total. The molecule has 2 aromatic rings. The Bertz CT molecular complexity index is 818. The predicted molar refractivity (Wildman–Crippen MR) is 96.4 cm³/mol. The lowest BCUT2D eigenvalue weighted by Crippen LogP contribution is -2.30. The molecule has 1 aromatic carbocycles. The van der Waals surface area contributed by atoms with Gasteiger partial charge in [-0.2, -0.15) is 13.9 Å². The van der Waals surface area contributed by atoms with E-state index in [1.807, 2.05) is 4.90 Å². The van der Waals surface area contributed by atoms with Crippen LogP contribution in [0.5, 0.6) is 0 Å². The summed E-state index contributed by atoms with van der Waals surface area (Å²) >= 11 is 0. The second-order valence-electron chi connectivity index (χ2n) is 6.54. The van der Waals surface area contributed by atoms with Crippen molar-refractivity contribution in [3.8, 4) is 11.1 Å². The zero-order chi connectivity index (χ0) is 19.4. The van der Waals surface area contributed by atoms with E-state index in [-0.39, 0.29) is 11.8 Å². The number of nitrogens with zero attached hydrogens (tertiary/aromatic N) is 3. The van der Waals surface area contributed by atoms with Gasteiger partial charge in [0.1, 0.15) is 0 Å². The van der Waals surface area contributed by atoms with Crippen LogP contribution in [0.2, 0.25) is 0 Å². The minimum absolute atomic E-state index is 0.183. The van der Waals surface area contributed by atoms with Crippen LogP contribution in [0.3, 0.4) is 0 Å². The zero-order valence-corrected chi connectivity index (χ0v) is 15.1. The SMILES string of the molecule is Cc1c(-c2ccc(C(=O)NCCCN3CCCC3=O)cc2)cnn1C(F)F. The Kier molecular flexibility index (Phi) is 5.83. The number of halogens is 2. The number of carbonyl (C=O) groups is 2. The number of amides is 2. The van der Waals surface area contributed by atoms with E-state index in [1.165, 1.54) is 6.20 Å². The minimum atomic E-state index is -2.68. The van der Waals surface area contributed by atoms with Crippen LogP contribution in [0.4, 0.5) is 8.78 Å². The summed E-state index contributed by atoms with van der Waals surface area (Å²) in [6.07, 6.45) is 3.64. The van der Waals surface area contributed by atoms with Crippen molar-refractivity contribution in [3.05, 3.63) is 41.7 Å². The first kappa shape index (κ1) is 19.0. The predicted octanol–water partition coefficient (Wildman–Crippen LogP) is 3.00. The van der Waals surface area contributed by atoms with Crippen molar-refractivity contribution >= 4 is 11.8 Å². The molecule has 1 aliphatic heterocycles. The van der Waals surface area contributed by atoms with Crippen LogP contribution in [0.15, 0.2) is 30.5 Å². The van der Waals surface area contributed by atoms with Crippen LogP contribution in [0, 0.1) is 6.92 Å². The summed E-state index contributed by atoms with van der Waals surface area (Å²) in [7, 11) is 0. The molecule has 3 rings (SSSR count). The van der Waals surface area contributed by atoms with Crippen molar-refractivity contribution in [2.24, 2.45) is 0 Å². The topological polar surface area (TPSA) is 67.2 Å². The molecule has 0 unspecified atom stereocenters. The fourth-order valence-electron chi connectivity index (χ4n) is 3.22. The van der Waals surface area contributed by atoms with Gasteiger partial charge in [-0.25, -0.2) is 4.68 Å². The molecule has 27 heavy (non-hydrogen) atoms. The van der Waals surface area contributed by atoms with E-state index in [0.29, 0.717) is 47.4 Å². The van der Waals surface area contributed by atoms with Gasteiger partial charge in [0.05, 0.1) is 6.20 Å². The molecule has 8 heteroatoms. The monoisotopic (exact) mass is 376 g/mol. The normalized spacial score (nSPS) is 14.2. The van der Waals surface area contributed by atoms with E-state index in [2.05, 4.69) is 10.4 Å². The molecule has 1 fully saturated rings. The molecule has 144 valence electrons. The Morgan fingerprint density at radius 2 is 2.04 bits per heavy atom. The lowest BCUT2D eigenvalue weighted by Gasteiger charge is -2.15. The van der Waals surface area contributed by atoms with E-state index in [0.717, 1.165) is 18.5 Å². The van der Waals surface area contributed by atoms with Crippen molar-refractivity contribution in [2.45, 2.75) is 32.7 Å². The lowest BCUT2D eigenvalue weighted by molar-refractivity contribution is -0.127. The summed E-state index contributed by atoms with van der Waals surface area (Å²) in [5, 5.41) is 6.53. The summed E-state index contributed by atoms with van der Waals surface area (Å²) in [6, 6.07) is 6.76. The summed E-state index contributed by atoms with van der Waals surface area (Å²) < 4.78 is 26.3. The van der Waals surface area contributed by atoms with Crippen molar-refractivity contribution in [2.75, 3.05) is 19.6 Å². The average Bonchev–Trinajstić information content (AvgIpc) is 3.24. The molecular formula is C19H22F2N4O2. The number of aromatic nitrogens is 2. The zero-order valence-electron chi connectivity index (χ0n) is 15.1. The molecule has 0 bridgehead atoms. The Hall–Kier alpha value is -2.77. The highest BCUT2D eigenvalue weighted by Gasteiger charge is 2.19. The van der Waals surface area contributed by atoms with Crippen LogP contribution >= 0.6 is 0 Å². The second-order valence-corrected chi connectivity index (χ2v) is 6.54. The summed E-state index contributed by atoms with van der Waals surface area (Å²) in [4.78, 5) is 25.6. The second kappa shape index (κ2) is 8.28. The van der Waals surface area contributed by atoms with Crippen molar-refractivity contribution < 1.29 is 18.4 Å². The van der Waals surface area contributed by atoms with Gasteiger partial charge in [0, 0.05) is 42.9 Å². The van der Waals surface area contributed by atoms with E-state index in [1.54, 1.807) is 31.2 Å². The summed E-state index contributed by atoms with van der Waals surface area (Å²) in [6.45, 7) is 0.853. The van der Waals surface area contributed by atoms with Crippen LogP contribution in [0.25, 0.3) is 11.1 Å². The molecule has 0 atom stereocenters. The van der Waals surface area contributed by atoms with Gasteiger partial charge >= 0.3 is 6.55 Å². The number of rotatable bonds is 7. The van der Waals surface area contributed by atoms with Gasteiger partial charge in [0.25, 0.3) is 5.91 Å². The number of likely N-dealkylation sites (tertiary alicyclic amines) is 1. The minimum Gasteiger partial charge on any atom is -0.352 e. The maximum atomic E-state index is 12.8. The molecule has 0 aliphatic carbocycles. The molecule has 1 aromatic heterocycles. The van der Waals surface area contributed by atoms with Crippen LogP contribution in [0.1, 0.15) is 41.9 Å². The van der Waals surface area contributed by atoms with E-state index < -0.39 is 6.55 Å². The number of nitrogens with one attached hydrogen (secondary N) is 1. The third-order valence-corrected chi connectivity index (χ3v) is 4.75. The van der Waals surface area contributed by atoms with Gasteiger partial charge in [-0.15, -0.1) is 0 Å². The number of benzene rings is 1. The first-order valence-corrected chi connectivity index (χ1v) is 8.96. The largest absolute Gasteiger partial charge is 0.352 e. The van der Waals surface area contributed by atoms with E-state index in [4.69, 9.17) is 0 Å². The lowest BCUT2D eigenvalue weighted by atomic mass is 10.0. The van der Waals surface area contributed by atoms with Gasteiger partial charge in [-0.1, -0.05) is 12.1 Å². The molecule has 0 spiro atoms. The van der Waals surface area contributed by atoms with Crippen LogP contribution in [-0.4, -0.2) is 46.1 Å². The summed E-state index contributed by atoms with van der Waals surface area (Å²) in [5.41, 5.74) is 2.20. The summed E-state index contributed by atoms with van der Waals surface area (Å²) in [5.74, 6) is -0.0170. The van der Waals surface area contributed by atoms with Crippen molar-refractivity contribution in [3.63, 3.8) is 0 Å². The fraction of sp³-hybridized carbons (Fsp3) is 0.421. The maximum absolute atomic E-state index is 12.8. The molecule has 0 radical (unpaired) electrons. The molecule has 1 saturated heterocycles. The quantitative estimate of drug-likeness (QED) is 0.756. The number of hydrogen-bond donors (Lipinski definition) is 1. The van der Waals surface area contributed by atoms with Gasteiger partial charge in [-0.3, -0.25) is 9.59 Å². The molecule has 2 amide bonds. The standard InChI is InChI=1S/C19H22F2N4O2/c1-13-16(12-23-25(13)19(20)21)14-5-7-15(8-6-14)18(27)22-9-3-11-24-10-2-4-17(24)26/h5-8,12,19H,2-4,9-11H2,1H3,(H,22,27).